The Morgan fingerprint density at radius 3 is 2.83 bits per heavy atom. The third kappa shape index (κ3) is 5.52. The van der Waals surface area contributed by atoms with Gasteiger partial charge < -0.3 is 5.32 Å². The van der Waals surface area contributed by atoms with Gasteiger partial charge in [-0.3, -0.25) is 9.36 Å². The summed E-state index contributed by atoms with van der Waals surface area (Å²) < 4.78 is 14.4. The third-order valence-electron chi connectivity index (χ3n) is 3.44. The topological polar surface area (TPSA) is 79.8 Å². The Morgan fingerprint density at radius 2 is 2.12 bits per heavy atom. The molecular weight excluding hydrogens is 331 g/mol. The van der Waals surface area contributed by atoms with Crippen LogP contribution in [-0.2, 0) is 17.8 Å². The molecule has 1 aromatic heterocycles. The van der Waals surface area contributed by atoms with E-state index in [1.807, 2.05) is 6.92 Å². The van der Waals surface area contributed by atoms with Crippen molar-refractivity contribution in [3.63, 3.8) is 0 Å². The molecule has 6 nitrogen and oxygen atoms in total. The molecule has 0 aliphatic heterocycles. The molecule has 1 heterocycles. The smallest absolute Gasteiger partial charge is 0.343 e. The second-order valence-electron chi connectivity index (χ2n) is 5.33. The zero-order valence-electron chi connectivity index (χ0n) is 13.5. The standard InChI is InChI=1S/C16H21FN4O2S/c1-2-3-10-21-15(23)19-20-16(21)24-11-14(22)18-9-8-12-4-6-13(17)7-5-12/h4-7H,2-3,8-11H2,1H3,(H,18,22)(H,19,23). The molecule has 2 rings (SSSR count). The van der Waals surface area contributed by atoms with E-state index in [9.17, 15) is 14.0 Å². The number of unbranched alkanes of at least 4 members (excludes halogenated alkanes) is 1. The van der Waals surface area contributed by atoms with Gasteiger partial charge in [-0.15, -0.1) is 5.10 Å². The summed E-state index contributed by atoms with van der Waals surface area (Å²) >= 11 is 1.23. The van der Waals surface area contributed by atoms with Gasteiger partial charge in [0.25, 0.3) is 0 Å². The highest BCUT2D eigenvalue weighted by molar-refractivity contribution is 7.99. The number of halogens is 1. The van der Waals surface area contributed by atoms with Crippen molar-refractivity contribution in [1.29, 1.82) is 0 Å². The molecule has 130 valence electrons. The fraction of sp³-hybridized carbons (Fsp3) is 0.438. The fourth-order valence-electron chi connectivity index (χ4n) is 2.11. The molecule has 1 aromatic carbocycles. The van der Waals surface area contributed by atoms with Crippen LogP contribution < -0.4 is 11.0 Å². The predicted octanol–water partition coefficient (Wildman–Crippen LogP) is 1.96. The first-order valence-electron chi connectivity index (χ1n) is 7.89. The molecular formula is C16H21FN4O2S. The number of nitrogens with zero attached hydrogens (tertiary/aromatic N) is 2. The summed E-state index contributed by atoms with van der Waals surface area (Å²) in [5.74, 6) is -0.202. The minimum Gasteiger partial charge on any atom is -0.355 e. The maximum atomic E-state index is 12.8. The summed E-state index contributed by atoms with van der Waals surface area (Å²) in [6.07, 6.45) is 2.50. The highest BCUT2D eigenvalue weighted by atomic mass is 32.2. The number of amides is 1. The highest BCUT2D eigenvalue weighted by Crippen LogP contribution is 2.13. The Labute approximate surface area is 143 Å². The molecule has 0 radical (unpaired) electrons. The summed E-state index contributed by atoms with van der Waals surface area (Å²) in [4.78, 5) is 23.5. The molecule has 2 aromatic rings. The van der Waals surface area contributed by atoms with Gasteiger partial charge >= 0.3 is 5.69 Å². The first-order chi connectivity index (χ1) is 11.6. The molecule has 0 saturated heterocycles. The number of hydrogen-bond acceptors (Lipinski definition) is 4. The molecule has 0 aliphatic carbocycles. The predicted molar refractivity (Wildman–Crippen MR) is 91.6 cm³/mol. The van der Waals surface area contributed by atoms with E-state index >= 15 is 0 Å². The van der Waals surface area contributed by atoms with Gasteiger partial charge in [0.1, 0.15) is 5.82 Å². The van der Waals surface area contributed by atoms with E-state index in [2.05, 4.69) is 15.5 Å². The van der Waals surface area contributed by atoms with E-state index < -0.39 is 0 Å². The van der Waals surface area contributed by atoms with E-state index in [0.717, 1.165) is 18.4 Å². The van der Waals surface area contributed by atoms with Crippen LogP contribution in [0.25, 0.3) is 0 Å². The van der Waals surface area contributed by atoms with Crippen molar-refractivity contribution < 1.29 is 9.18 Å². The van der Waals surface area contributed by atoms with E-state index in [-0.39, 0.29) is 23.2 Å². The van der Waals surface area contributed by atoms with Crippen LogP contribution in [0.5, 0.6) is 0 Å². The van der Waals surface area contributed by atoms with Gasteiger partial charge in [0.15, 0.2) is 5.16 Å². The molecule has 0 saturated carbocycles. The molecule has 0 fully saturated rings. The van der Waals surface area contributed by atoms with Gasteiger partial charge in [-0.05, 0) is 30.5 Å². The van der Waals surface area contributed by atoms with Gasteiger partial charge in [-0.2, -0.15) is 0 Å². The molecule has 0 bridgehead atoms. The van der Waals surface area contributed by atoms with E-state index in [0.29, 0.717) is 24.7 Å². The zero-order chi connectivity index (χ0) is 17.4. The van der Waals surface area contributed by atoms with Crippen LogP contribution in [0, 0.1) is 5.82 Å². The molecule has 0 spiro atoms. The van der Waals surface area contributed by atoms with Crippen molar-refractivity contribution in [2.24, 2.45) is 0 Å². The average Bonchev–Trinajstić information content (AvgIpc) is 2.93. The van der Waals surface area contributed by atoms with Crippen molar-refractivity contribution in [2.45, 2.75) is 37.9 Å². The minimum atomic E-state index is -0.271. The van der Waals surface area contributed by atoms with Crippen LogP contribution in [0.4, 0.5) is 4.39 Å². The van der Waals surface area contributed by atoms with Gasteiger partial charge in [0.05, 0.1) is 5.75 Å². The van der Waals surface area contributed by atoms with Crippen LogP contribution in [0.1, 0.15) is 25.3 Å². The van der Waals surface area contributed by atoms with Crippen molar-refractivity contribution >= 4 is 17.7 Å². The Bertz CT molecular complexity index is 712. The van der Waals surface area contributed by atoms with E-state index in [1.54, 1.807) is 16.7 Å². The monoisotopic (exact) mass is 352 g/mol. The van der Waals surface area contributed by atoms with Crippen LogP contribution in [0.15, 0.2) is 34.2 Å². The summed E-state index contributed by atoms with van der Waals surface area (Å²) in [5, 5.41) is 9.70. The summed E-state index contributed by atoms with van der Waals surface area (Å²) in [6, 6.07) is 6.21. The number of carbonyl (C=O) groups is 1. The number of benzene rings is 1. The van der Waals surface area contributed by atoms with E-state index in [1.165, 1.54) is 23.9 Å². The fourth-order valence-corrected chi connectivity index (χ4v) is 2.91. The number of thioether (sulfide) groups is 1. The molecule has 24 heavy (non-hydrogen) atoms. The second-order valence-corrected chi connectivity index (χ2v) is 6.27. The number of hydrogen-bond donors (Lipinski definition) is 2. The molecule has 2 N–H and O–H groups in total. The zero-order valence-corrected chi connectivity index (χ0v) is 14.4. The summed E-state index contributed by atoms with van der Waals surface area (Å²) in [6.45, 7) is 3.13. The first-order valence-corrected chi connectivity index (χ1v) is 8.88. The maximum Gasteiger partial charge on any atom is 0.343 e. The molecule has 0 atom stereocenters. The Morgan fingerprint density at radius 1 is 1.38 bits per heavy atom. The lowest BCUT2D eigenvalue weighted by Crippen LogP contribution is -2.27. The van der Waals surface area contributed by atoms with E-state index in [4.69, 9.17) is 0 Å². The second kappa shape index (κ2) is 9.27. The number of carbonyl (C=O) groups excluding carboxylic acids is 1. The maximum absolute atomic E-state index is 12.8. The molecule has 0 unspecified atom stereocenters. The van der Waals surface area contributed by atoms with Crippen molar-refractivity contribution in [1.82, 2.24) is 20.1 Å². The van der Waals surface area contributed by atoms with Gasteiger partial charge in [-0.25, -0.2) is 14.3 Å². The average molecular weight is 352 g/mol. The molecule has 0 aliphatic rings. The number of H-pyrrole nitrogens is 1. The van der Waals surface area contributed by atoms with Gasteiger partial charge in [0.2, 0.25) is 5.91 Å². The molecule has 8 heteroatoms. The summed E-state index contributed by atoms with van der Waals surface area (Å²) in [5.41, 5.74) is 0.715. The Kier molecular flexibility index (Phi) is 7.05. The molecule has 1 amide bonds. The highest BCUT2D eigenvalue weighted by Gasteiger charge is 2.10. The normalized spacial score (nSPS) is 10.8. The van der Waals surface area contributed by atoms with Crippen LogP contribution in [0.3, 0.4) is 0 Å². The van der Waals surface area contributed by atoms with Gasteiger partial charge in [-0.1, -0.05) is 37.2 Å². The quantitative estimate of drug-likeness (QED) is 0.676. The van der Waals surface area contributed by atoms with Crippen LogP contribution in [-0.4, -0.2) is 33.0 Å². The van der Waals surface area contributed by atoms with Crippen molar-refractivity contribution in [2.75, 3.05) is 12.3 Å². The van der Waals surface area contributed by atoms with Crippen LogP contribution >= 0.6 is 11.8 Å². The number of rotatable bonds is 9. The number of aromatic amines is 1. The lowest BCUT2D eigenvalue weighted by atomic mass is 10.1. The third-order valence-corrected chi connectivity index (χ3v) is 4.42. The van der Waals surface area contributed by atoms with Crippen molar-refractivity contribution in [3.05, 3.63) is 46.1 Å². The van der Waals surface area contributed by atoms with Crippen LogP contribution in [0.2, 0.25) is 0 Å². The van der Waals surface area contributed by atoms with Gasteiger partial charge in [0, 0.05) is 13.1 Å². The minimum absolute atomic E-state index is 0.125. The largest absolute Gasteiger partial charge is 0.355 e. The Balaban J connectivity index is 1.75. The number of aromatic nitrogens is 3. The SMILES string of the molecule is CCCCn1c(SCC(=O)NCCc2ccc(F)cc2)n[nH]c1=O. The lowest BCUT2D eigenvalue weighted by Gasteiger charge is -2.06. The Hall–Kier alpha value is -2.09. The summed E-state index contributed by atoms with van der Waals surface area (Å²) in [7, 11) is 0. The lowest BCUT2D eigenvalue weighted by molar-refractivity contribution is -0.118. The first kappa shape index (κ1) is 18.3. The van der Waals surface area contributed by atoms with Crippen molar-refractivity contribution in [3.8, 4) is 0 Å². The number of nitrogens with one attached hydrogen (secondary N) is 2.